The van der Waals surface area contributed by atoms with Crippen LogP contribution in [0.25, 0.3) is 0 Å². The molecule has 0 aromatic heterocycles. The van der Waals surface area contributed by atoms with E-state index in [1.54, 1.807) is 0 Å². The number of nitrogens with zero attached hydrogens (tertiary/aromatic N) is 1. The molecule has 7 nitrogen and oxygen atoms in total. The molecule has 0 saturated carbocycles. The van der Waals surface area contributed by atoms with Crippen LogP contribution >= 0.6 is 22.6 Å². The maximum atomic E-state index is 11.3. The zero-order chi connectivity index (χ0) is 17.4. The molecule has 8 heteroatoms. The number of carbonyl (C=O) groups is 1. The van der Waals surface area contributed by atoms with Gasteiger partial charge in [-0.2, -0.15) is 0 Å². The maximum Gasteiger partial charge on any atom is 0.339 e. The van der Waals surface area contributed by atoms with E-state index in [1.807, 2.05) is 22.6 Å². The van der Waals surface area contributed by atoms with Crippen molar-refractivity contribution >= 4 is 28.6 Å². The number of aromatic carboxylic acids is 1. The smallest absolute Gasteiger partial charge is 0.339 e. The van der Waals surface area contributed by atoms with Gasteiger partial charge in [0.2, 0.25) is 0 Å². The summed E-state index contributed by atoms with van der Waals surface area (Å²) >= 11 is 2.00. The largest absolute Gasteiger partial charge is 0.504 e. The third kappa shape index (κ3) is 5.67. The molecule has 0 amide bonds. The summed E-state index contributed by atoms with van der Waals surface area (Å²) in [5, 5.41) is 19.0. The normalized spacial score (nSPS) is 15.2. The number of carboxylic acid groups (broad SMARTS) is 1. The zero-order valence-corrected chi connectivity index (χ0v) is 15.5. The van der Waals surface area contributed by atoms with Gasteiger partial charge < -0.3 is 24.4 Å². The standard InChI is InChI=1S/C16H22INO6/c17-11-24-15-10-14(12(16(20)21)9-13(15)19)23-6-2-1-3-18-4-7-22-8-5-18/h9-10,19H,1-8,11H2,(H,20,21). The summed E-state index contributed by atoms with van der Waals surface area (Å²) in [5.41, 5.74) is -0.0681. The van der Waals surface area contributed by atoms with Gasteiger partial charge in [-0.1, -0.05) is 0 Å². The van der Waals surface area contributed by atoms with Gasteiger partial charge in [-0.15, -0.1) is 0 Å². The fraction of sp³-hybridized carbons (Fsp3) is 0.562. The van der Waals surface area contributed by atoms with E-state index in [2.05, 4.69) is 4.90 Å². The molecule has 1 saturated heterocycles. The van der Waals surface area contributed by atoms with Crippen LogP contribution in [0.3, 0.4) is 0 Å². The SMILES string of the molecule is O=C(O)c1cc(O)c(OCI)cc1OCCCCN1CCOCC1. The van der Waals surface area contributed by atoms with E-state index >= 15 is 0 Å². The van der Waals surface area contributed by atoms with E-state index in [9.17, 15) is 15.0 Å². The van der Waals surface area contributed by atoms with Gasteiger partial charge in [-0.25, -0.2) is 4.79 Å². The number of phenolic OH excluding ortho intramolecular Hbond substituents is 1. The molecule has 2 N–H and O–H groups in total. The number of benzene rings is 1. The van der Waals surface area contributed by atoms with Crippen LogP contribution in [-0.4, -0.2) is 65.2 Å². The van der Waals surface area contributed by atoms with Crippen molar-refractivity contribution in [2.45, 2.75) is 12.8 Å². The Morgan fingerprint density at radius 3 is 2.62 bits per heavy atom. The number of alkyl halides is 1. The molecule has 0 unspecified atom stereocenters. The van der Waals surface area contributed by atoms with E-state index in [0.29, 0.717) is 11.2 Å². The number of rotatable bonds is 9. The van der Waals surface area contributed by atoms with Crippen LogP contribution in [-0.2, 0) is 4.74 Å². The lowest BCUT2D eigenvalue weighted by Crippen LogP contribution is -2.36. The van der Waals surface area contributed by atoms with Crippen molar-refractivity contribution in [3.8, 4) is 17.2 Å². The van der Waals surface area contributed by atoms with Gasteiger partial charge in [-0.05, 0) is 42.0 Å². The number of ether oxygens (including phenoxy) is 3. The Labute approximate surface area is 154 Å². The number of phenols is 1. The molecule has 0 atom stereocenters. The van der Waals surface area contributed by atoms with Gasteiger partial charge in [0.15, 0.2) is 11.5 Å². The van der Waals surface area contributed by atoms with Crippen molar-refractivity contribution in [3.63, 3.8) is 0 Å². The molecule has 1 aliphatic rings. The van der Waals surface area contributed by atoms with Crippen molar-refractivity contribution in [2.75, 3.05) is 44.1 Å². The summed E-state index contributed by atoms with van der Waals surface area (Å²) in [6.07, 6.45) is 1.79. The number of hydrogen-bond donors (Lipinski definition) is 2. The fourth-order valence-electron chi connectivity index (χ4n) is 2.46. The fourth-order valence-corrected chi connectivity index (χ4v) is 2.79. The summed E-state index contributed by atoms with van der Waals surface area (Å²) < 4.78 is 16.5. The quantitative estimate of drug-likeness (QED) is 0.339. The molecule has 1 aliphatic heterocycles. The molecule has 0 radical (unpaired) electrons. The van der Waals surface area contributed by atoms with Crippen molar-refractivity contribution < 1.29 is 29.2 Å². The lowest BCUT2D eigenvalue weighted by molar-refractivity contribution is 0.0368. The van der Waals surface area contributed by atoms with Gasteiger partial charge in [0, 0.05) is 25.2 Å². The highest BCUT2D eigenvalue weighted by Gasteiger charge is 2.17. The van der Waals surface area contributed by atoms with Crippen molar-refractivity contribution in [1.29, 1.82) is 0 Å². The Kier molecular flexibility index (Phi) is 7.86. The minimum atomic E-state index is -1.14. The first-order valence-corrected chi connectivity index (χ1v) is 9.36. The highest BCUT2D eigenvalue weighted by Crippen LogP contribution is 2.34. The van der Waals surface area contributed by atoms with Crippen molar-refractivity contribution in [2.24, 2.45) is 0 Å². The summed E-state index contributed by atoms with van der Waals surface area (Å²) in [5.74, 6) is -0.914. The van der Waals surface area contributed by atoms with E-state index in [-0.39, 0.29) is 22.8 Å². The molecule has 0 aliphatic carbocycles. The van der Waals surface area contributed by atoms with Gasteiger partial charge in [0.1, 0.15) is 15.9 Å². The summed E-state index contributed by atoms with van der Waals surface area (Å²) in [6.45, 7) is 4.88. The van der Waals surface area contributed by atoms with Crippen LogP contribution in [0.4, 0.5) is 0 Å². The molecule has 1 aromatic carbocycles. The number of morpholine rings is 1. The molecule has 0 bridgehead atoms. The number of carboxylic acids is 1. The van der Waals surface area contributed by atoms with E-state index in [4.69, 9.17) is 14.2 Å². The average Bonchev–Trinajstić information content (AvgIpc) is 2.58. The van der Waals surface area contributed by atoms with Crippen LogP contribution in [0.5, 0.6) is 17.2 Å². The van der Waals surface area contributed by atoms with Crippen molar-refractivity contribution in [1.82, 2.24) is 4.90 Å². The second-order valence-electron chi connectivity index (χ2n) is 5.38. The predicted octanol–water partition coefficient (Wildman–Crippen LogP) is 2.35. The van der Waals surface area contributed by atoms with Crippen LogP contribution in [0, 0.1) is 0 Å². The van der Waals surface area contributed by atoms with Gasteiger partial charge >= 0.3 is 5.97 Å². The molecule has 1 aromatic rings. The highest BCUT2D eigenvalue weighted by molar-refractivity contribution is 14.1. The lowest BCUT2D eigenvalue weighted by Gasteiger charge is -2.26. The first kappa shape index (κ1) is 19.1. The number of hydrogen-bond acceptors (Lipinski definition) is 6. The molecular formula is C16H22INO6. The van der Waals surface area contributed by atoms with Gasteiger partial charge in [-0.3, -0.25) is 4.90 Å². The Bertz CT molecular complexity index is 548. The molecule has 24 heavy (non-hydrogen) atoms. The average molecular weight is 451 g/mol. The Morgan fingerprint density at radius 2 is 1.96 bits per heavy atom. The van der Waals surface area contributed by atoms with Crippen LogP contribution in [0.15, 0.2) is 12.1 Å². The molecular weight excluding hydrogens is 429 g/mol. The summed E-state index contributed by atoms with van der Waals surface area (Å²) in [7, 11) is 0. The van der Waals surface area contributed by atoms with Gasteiger partial charge in [0.25, 0.3) is 0 Å². The van der Waals surface area contributed by atoms with E-state index in [1.165, 1.54) is 6.07 Å². The number of halogens is 1. The second kappa shape index (κ2) is 9.90. The Balaban J connectivity index is 1.85. The number of aromatic hydroxyl groups is 1. The lowest BCUT2D eigenvalue weighted by atomic mass is 10.1. The predicted molar refractivity (Wildman–Crippen MR) is 96.6 cm³/mol. The first-order valence-electron chi connectivity index (χ1n) is 7.83. The van der Waals surface area contributed by atoms with E-state index < -0.39 is 5.97 Å². The third-order valence-corrected chi connectivity index (χ3v) is 4.04. The topological polar surface area (TPSA) is 88.5 Å². The summed E-state index contributed by atoms with van der Waals surface area (Å²) in [4.78, 5) is 13.6. The van der Waals surface area contributed by atoms with Crippen LogP contribution in [0.1, 0.15) is 23.2 Å². The van der Waals surface area contributed by atoms with E-state index in [0.717, 1.165) is 51.8 Å². The molecule has 2 rings (SSSR count). The summed E-state index contributed by atoms with van der Waals surface area (Å²) in [6, 6.07) is 2.59. The number of unbranched alkanes of at least 4 members (excludes halogenated alkanes) is 1. The minimum Gasteiger partial charge on any atom is -0.504 e. The minimum absolute atomic E-state index is 0.0681. The highest BCUT2D eigenvalue weighted by atomic mass is 127. The molecule has 1 fully saturated rings. The van der Waals surface area contributed by atoms with Crippen LogP contribution in [0.2, 0.25) is 0 Å². The molecule has 1 heterocycles. The van der Waals surface area contributed by atoms with Crippen LogP contribution < -0.4 is 9.47 Å². The van der Waals surface area contributed by atoms with Gasteiger partial charge in [0.05, 0.1) is 19.8 Å². The zero-order valence-electron chi connectivity index (χ0n) is 13.4. The molecule has 0 spiro atoms. The third-order valence-electron chi connectivity index (χ3n) is 3.73. The molecule has 134 valence electrons. The monoisotopic (exact) mass is 451 g/mol. The maximum absolute atomic E-state index is 11.3. The van der Waals surface area contributed by atoms with Crippen molar-refractivity contribution in [3.05, 3.63) is 17.7 Å². The first-order chi connectivity index (χ1) is 11.6. The second-order valence-corrected chi connectivity index (χ2v) is 6.01. The Morgan fingerprint density at radius 1 is 1.21 bits per heavy atom. The Hall–Kier alpha value is -1.26.